The molecule has 0 fully saturated rings. The molecule has 4 rings (SSSR count). The van der Waals surface area contributed by atoms with Crippen molar-refractivity contribution in [1.29, 1.82) is 0 Å². The molecule has 232 valence electrons. The van der Waals surface area contributed by atoms with Crippen LogP contribution in [0, 0.1) is 0 Å². The Labute approximate surface area is 259 Å². The highest BCUT2D eigenvalue weighted by Crippen LogP contribution is 2.08. The van der Waals surface area contributed by atoms with Gasteiger partial charge in [0.2, 0.25) is 0 Å². The quantitative estimate of drug-likeness (QED) is 0.233. The van der Waals surface area contributed by atoms with E-state index in [1.165, 1.54) is 28.7 Å². The summed E-state index contributed by atoms with van der Waals surface area (Å²) in [6, 6.07) is 42.1. The van der Waals surface area contributed by atoms with Gasteiger partial charge in [0.25, 0.3) is 0 Å². The van der Waals surface area contributed by atoms with E-state index in [4.69, 9.17) is 0 Å². The van der Waals surface area contributed by atoms with Crippen LogP contribution < -0.4 is 0 Å². The van der Waals surface area contributed by atoms with Crippen LogP contribution in [0.5, 0.6) is 0 Å². The van der Waals surface area contributed by atoms with Gasteiger partial charge in [0.15, 0.2) is 0 Å². The summed E-state index contributed by atoms with van der Waals surface area (Å²) in [6.45, 7) is 28.2. The normalized spacial score (nSPS) is 7.56. The molecule has 0 saturated heterocycles. The number of hydrogen-bond donors (Lipinski definition) is 0. The van der Waals surface area contributed by atoms with Crippen molar-refractivity contribution >= 4 is 0 Å². The third-order valence-electron chi connectivity index (χ3n) is 4.19. The summed E-state index contributed by atoms with van der Waals surface area (Å²) in [7, 11) is 0. The average molecular weight is 561 g/mol. The van der Waals surface area contributed by atoms with Gasteiger partial charge in [-0.3, -0.25) is 0 Å². The van der Waals surface area contributed by atoms with Crippen LogP contribution in [-0.2, 0) is 12.8 Å². The molecule has 0 heterocycles. The topological polar surface area (TPSA) is 0 Å². The molecule has 4 aromatic carbocycles. The number of benzene rings is 4. The van der Waals surface area contributed by atoms with Gasteiger partial charge >= 0.3 is 0 Å². The third kappa shape index (κ3) is 33.0. The lowest BCUT2D eigenvalue weighted by Crippen LogP contribution is -1.85. The predicted molar refractivity (Wildman–Crippen MR) is 195 cm³/mol. The standard InChI is InChI=1S/2C13H12.C3H8.6C2H6/c2*1-3-7-12(8-4-1)11-13-9-5-2-6-10-13;1-3-2;6*1-2/h2*1-10H,11H2;3H2,1-2H3;6*1-2H3. The maximum Gasteiger partial charge on any atom is -0.00258 e. The molecule has 0 aliphatic rings. The summed E-state index contributed by atoms with van der Waals surface area (Å²) in [5.41, 5.74) is 5.48. The van der Waals surface area contributed by atoms with Crippen molar-refractivity contribution < 1.29 is 0 Å². The van der Waals surface area contributed by atoms with Gasteiger partial charge in [0.1, 0.15) is 0 Å². The van der Waals surface area contributed by atoms with Crippen LogP contribution >= 0.6 is 0 Å². The van der Waals surface area contributed by atoms with Crippen molar-refractivity contribution in [2.75, 3.05) is 0 Å². The van der Waals surface area contributed by atoms with E-state index in [-0.39, 0.29) is 0 Å². The van der Waals surface area contributed by atoms with E-state index in [2.05, 4.69) is 135 Å². The molecule has 0 radical (unpaired) electrons. The molecule has 0 nitrogen and oxygen atoms in total. The Morgan fingerprint density at radius 2 is 0.390 bits per heavy atom. The van der Waals surface area contributed by atoms with E-state index in [1.807, 2.05) is 83.1 Å². The van der Waals surface area contributed by atoms with E-state index < -0.39 is 0 Å². The minimum absolute atomic E-state index is 1.03. The first-order valence-corrected chi connectivity index (χ1v) is 16.5. The molecule has 0 saturated carbocycles. The minimum Gasteiger partial charge on any atom is -0.0683 e. The van der Waals surface area contributed by atoms with Crippen LogP contribution in [0.3, 0.4) is 0 Å². The van der Waals surface area contributed by atoms with Crippen molar-refractivity contribution in [2.24, 2.45) is 0 Å². The fraction of sp³-hybridized carbons (Fsp3) is 0.415. The van der Waals surface area contributed by atoms with Gasteiger partial charge in [-0.25, -0.2) is 0 Å². The zero-order valence-electron chi connectivity index (χ0n) is 29.7. The molecule has 0 bridgehead atoms. The lowest BCUT2D eigenvalue weighted by Gasteiger charge is -2.00. The molecule has 0 unspecified atom stereocenters. The van der Waals surface area contributed by atoms with Crippen molar-refractivity contribution in [2.45, 2.75) is 116 Å². The molecule has 0 aliphatic heterocycles. The molecule has 4 aromatic rings. The van der Waals surface area contributed by atoms with Gasteiger partial charge in [-0.15, -0.1) is 0 Å². The molecule has 0 N–H and O–H groups in total. The Morgan fingerprint density at radius 1 is 0.268 bits per heavy atom. The summed E-state index contributed by atoms with van der Waals surface area (Å²) in [4.78, 5) is 0. The van der Waals surface area contributed by atoms with Gasteiger partial charge in [0.05, 0.1) is 0 Å². The fourth-order valence-electron chi connectivity index (χ4n) is 2.85. The second-order valence-electron chi connectivity index (χ2n) is 7.00. The van der Waals surface area contributed by atoms with Gasteiger partial charge in [-0.1, -0.05) is 225 Å². The van der Waals surface area contributed by atoms with E-state index in [9.17, 15) is 0 Å². The summed E-state index contributed by atoms with van der Waals surface area (Å²) in [5, 5.41) is 0. The van der Waals surface area contributed by atoms with Gasteiger partial charge in [-0.05, 0) is 35.1 Å². The van der Waals surface area contributed by atoms with Crippen molar-refractivity contribution in [3.63, 3.8) is 0 Å². The third-order valence-corrected chi connectivity index (χ3v) is 4.19. The maximum atomic E-state index is 2.16. The van der Waals surface area contributed by atoms with E-state index in [0.29, 0.717) is 0 Å². The summed E-state index contributed by atoms with van der Waals surface area (Å²) < 4.78 is 0. The second kappa shape index (κ2) is 46.7. The van der Waals surface area contributed by atoms with Crippen LogP contribution in [0.15, 0.2) is 121 Å². The zero-order valence-corrected chi connectivity index (χ0v) is 29.7. The first-order chi connectivity index (χ1) is 20.3. The molecule has 41 heavy (non-hydrogen) atoms. The second-order valence-corrected chi connectivity index (χ2v) is 7.00. The Bertz CT molecular complexity index is 714. The summed E-state index contributed by atoms with van der Waals surface area (Å²) >= 11 is 0. The van der Waals surface area contributed by atoms with Crippen molar-refractivity contribution in [3.05, 3.63) is 144 Å². The molecule has 0 atom stereocenters. The lowest BCUT2D eigenvalue weighted by atomic mass is 10.1. The van der Waals surface area contributed by atoms with Crippen LogP contribution in [0.1, 0.15) is 126 Å². The minimum atomic E-state index is 1.03. The average Bonchev–Trinajstić information content (AvgIpc) is 3.09. The lowest BCUT2D eigenvalue weighted by molar-refractivity contribution is 1.09. The highest BCUT2D eigenvalue weighted by molar-refractivity contribution is 5.26. The molecular weight excluding hydrogens is 492 g/mol. The van der Waals surface area contributed by atoms with E-state index in [0.717, 1.165) is 12.8 Å². The monoisotopic (exact) mass is 561 g/mol. The van der Waals surface area contributed by atoms with Gasteiger partial charge in [-0.2, -0.15) is 0 Å². The van der Waals surface area contributed by atoms with Crippen LogP contribution in [0.4, 0.5) is 0 Å². The SMILES string of the molecule is CC.CC.CC.CC.CC.CC.CCC.c1ccc(Cc2ccccc2)cc1.c1ccc(Cc2ccccc2)cc1. The highest BCUT2D eigenvalue weighted by Gasteiger charge is 1.93. The van der Waals surface area contributed by atoms with Crippen molar-refractivity contribution in [1.82, 2.24) is 0 Å². The van der Waals surface area contributed by atoms with Crippen LogP contribution in [0.2, 0.25) is 0 Å². The Morgan fingerprint density at radius 3 is 0.512 bits per heavy atom. The van der Waals surface area contributed by atoms with E-state index in [1.54, 1.807) is 0 Å². The molecule has 0 aliphatic carbocycles. The van der Waals surface area contributed by atoms with E-state index >= 15 is 0 Å². The fourth-order valence-corrected chi connectivity index (χ4v) is 2.85. The Kier molecular flexibility index (Phi) is 54.3. The Balaban J connectivity index is -0.000000145. The Hall–Kier alpha value is -3.12. The van der Waals surface area contributed by atoms with Crippen LogP contribution in [0.25, 0.3) is 0 Å². The highest BCUT2D eigenvalue weighted by atomic mass is 14.0. The van der Waals surface area contributed by atoms with Gasteiger partial charge < -0.3 is 0 Å². The number of hydrogen-bond acceptors (Lipinski definition) is 0. The molecule has 0 amide bonds. The summed E-state index contributed by atoms with van der Waals surface area (Å²) in [5.74, 6) is 0. The first-order valence-electron chi connectivity index (χ1n) is 16.5. The summed E-state index contributed by atoms with van der Waals surface area (Å²) in [6.07, 6.45) is 3.31. The number of rotatable bonds is 4. The maximum absolute atomic E-state index is 2.16. The molecule has 0 heteroatoms. The van der Waals surface area contributed by atoms with Gasteiger partial charge in [0, 0.05) is 0 Å². The molecule has 0 spiro atoms. The van der Waals surface area contributed by atoms with Crippen molar-refractivity contribution in [3.8, 4) is 0 Å². The predicted octanol–water partition coefficient (Wildman–Crippen LogP) is 14.1. The largest absolute Gasteiger partial charge is 0.0683 e. The first kappa shape index (κ1) is 47.7. The zero-order chi connectivity index (χ0) is 32.6. The molecule has 0 aromatic heterocycles. The smallest absolute Gasteiger partial charge is 0.00258 e. The molecular formula is C41H68. The van der Waals surface area contributed by atoms with Crippen LogP contribution in [-0.4, -0.2) is 0 Å².